The van der Waals surface area contributed by atoms with Crippen molar-refractivity contribution in [3.63, 3.8) is 0 Å². The molecule has 1 fully saturated rings. The van der Waals surface area contributed by atoms with Crippen LogP contribution in [-0.2, 0) is 10.9 Å². The van der Waals surface area contributed by atoms with Gasteiger partial charge >= 0.3 is 6.18 Å². The number of ether oxygens (including phenoxy) is 1. The molecule has 1 saturated heterocycles. The van der Waals surface area contributed by atoms with Gasteiger partial charge in [-0.3, -0.25) is 4.90 Å². The average molecular weight is 344 g/mol. The molecule has 0 bridgehead atoms. The Hall–Kier alpha value is -1.94. The highest BCUT2D eigenvalue weighted by Gasteiger charge is 2.36. The van der Waals surface area contributed by atoms with Crippen LogP contribution in [0.5, 0.6) is 0 Å². The molecule has 1 atom stereocenters. The van der Waals surface area contributed by atoms with Crippen LogP contribution in [0.1, 0.15) is 18.4 Å². The maximum Gasteiger partial charge on any atom is 0.453 e. The number of rotatable bonds is 4. The predicted octanol–water partition coefficient (Wildman–Crippen LogP) is 1.58. The van der Waals surface area contributed by atoms with Crippen molar-refractivity contribution in [1.29, 1.82) is 0 Å². The lowest BCUT2D eigenvalue weighted by atomic mass is 10.2. The molecule has 2 aromatic heterocycles. The maximum atomic E-state index is 12.8. The zero-order valence-electron chi connectivity index (χ0n) is 13.5. The van der Waals surface area contributed by atoms with Gasteiger partial charge in [0.05, 0.1) is 13.2 Å². The van der Waals surface area contributed by atoms with Gasteiger partial charge in [-0.25, -0.2) is 4.98 Å². The molecule has 3 heterocycles. The summed E-state index contributed by atoms with van der Waals surface area (Å²) in [5.41, 5.74) is 0.574. The van der Waals surface area contributed by atoms with Crippen LogP contribution in [0.3, 0.4) is 0 Å². The molecular formula is C14H19F3N6O. The molecule has 1 aliphatic heterocycles. The molecule has 24 heavy (non-hydrogen) atoms. The summed E-state index contributed by atoms with van der Waals surface area (Å²) in [4.78, 5) is 9.75. The van der Waals surface area contributed by atoms with Crippen LogP contribution >= 0.6 is 0 Å². The van der Waals surface area contributed by atoms with Crippen LogP contribution in [-0.4, -0.2) is 63.4 Å². The second-order valence-corrected chi connectivity index (χ2v) is 5.81. The Kier molecular flexibility index (Phi) is 4.59. The van der Waals surface area contributed by atoms with Gasteiger partial charge < -0.3 is 10.1 Å². The summed E-state index contributed by atoms with van der Waals surface area (Å²) in [6, 6.07) is 1.87. The Labute approximate surface area is 136 Å². The molecule has 0 radical (unpaired) electrons. The average Bonchev–Trinajstić information content (AvgIpc) is 2.97. The molecule has 132 valence electrons. The van der Waals surface area contributed by atoms with Gasteiger partial charge in [0.2, 0.25) is 0 Å². The van der Waals surface area contributed by atoms with Crippen molar-refractivity contribution in [2.75, 3.05) is 38.2 Å². The quantitative estimate of drug-likeness (QED) is 0.908. The van der Waals surface area contributed by atoms with Crippen LogP contribution < -0.4 is 5.32 Å². The zero-order valence-corrected chi connectivity index (χ0v) is 13.5. The highest BCUT2D eigenvalue weighted by molar-refractivity contribution is 5.45. The first-order chi connectivity index (χ1) is 11.3. The molecule has 3 rings (SSSR count). The number of fused-ring (bicyclic) bond motifs is 1. The van der Waals surface area contributed by atoms with Gasteiger partial charge in [-0.15, -0.1) is 5.10 Å². The number of hydrogen-bond donors (Lipinski definition) is 1. The number of morpholine rings is 1. The Morgan fingerprint density at radius 3 is 2.67 bits per heavy atom. The Morgan fingerprint density at radius 2 is 2.00 bits per heavy atom. The summed E-state index contributed by atoms with van der Waals surface area (Å²) in [5, 5.41) is 6.70. The van der Waals surface area contributed by atoms with Gasteiger partial charge in [0, 0.05) is 37.4 Å². The molecule has 0 saturated carbocycles. The van der Waals surface area contributed by atoms with E-state index in [4.69, 9.17) is 4.74 Å². The normalized spacial score (nSPS) is 18.0. The molecule has 10 heteroatoms. The Bertz CT molecular complexity index is 710. The smallest absolute Gasteiger partial charge is 0.379 e. The molecule has 7 nitrogen and oxygen atoms in total. The van der Waals surface area contributed by atoms with Crippen molar-refractivity contribution >= 4 is 11.6 Å². The van der Waals surface area contributed by atoms with E-state index in [-0.39, 0.29) is 11.8 Å². The van der Waals surface area contributed by atoms with Gasteiger partial charge in [0.25, 0.3) is 11.6 Å². The fraction of sp³-hybridized carbons (Fsp3) is 0.643. The number of aromatic nitrogens is 4. The molecule has 0 aromatic carbocycles. The first-order valence-electron chi connectivity index (χ1n) is 7.72. The number of aryl methyl sites for hydroxylation is 1. The topological polar surface area (TPSA) is 67.6 Å². The van der Waals surface area contributed by atoms with E-state index >= 15 is 0 Å². The number of anilines is 1. The summed E-state index contributed by atoms with van der Waals surface area (Å²) in [6.07, 6.45) is -4.60. The van der Waals surface area contributed by atoms with E-state index in [2.05, 4.69) is 32.2 Å². The van der Waals surface area contributed by atoms with E-state index < -0.39 is 12.0 Å². The van der Waals surface area contributed by atoms with Gasteiger partial charge in [-0.05, 0) is 13.8 Å². The van der Waals surface area contributed by atoms with E-state index in [1.54, 1.807) is 13.0 Å². The summed E-state index contributed by atoms with van der Waals surface area (Å²) in [5.74, 6) is -0.811. The lowest BCUT2D eigenvalue weighted by Crippen LogP contribution is -2.45. The van der Waals surface area contributed by atoms with Crippen LogP contribution in [0.25, 0.3) is 5.78 Å². The molecule has 0 amide bonds. The molecule has 1 N–H and O–H groups in total. The largest absolute Gasteiger partial charge is 0.453 e. The SMILES string of the molecule is Cc1cc(NCC(C)N2CCOCC2)n2nc(C(F)(F)F)nc2n1. The van der Waals surface area contributed by atoms with E-state index in [0.717, 1.165) is 17.6 Å². The lowest BCUT2D eigenvalue weighted by molar-refractivity contribution is -0.144. The Morgan fingerprint density at radius 1 is 1.29 bits per heavy atom. The minimum Gasteiger partial charge on any atom is -0.379 e. The van der Waals surface area contributed by atoms with E-state index in [9.17, 15) is 13.2 Å². The minimum absolute atomic E-state index is 0.0659. The van der Waals surface area contributed by atoms with Crippen LogP contribution in [0.2, 0.25) is 0 Å². The second-order valence-electron chi connectivity index (χ2n) is 5.81. The highest BCUT2D eigenvalue weighted by atomic mass is 19.4. The molecule has 2 aromatic rings. The van der Waals surface area contributed by atoms with E-state index in [1.165, 1.54) is 0 Å². The van der Waals surface area contributed by atoms with Gasteiger partial charge in [-0.2, -0.15) is 22.7 Å². The molecule has 0 spiro atoms. The van der Waals surface area contributed by atoms with E-state index in [0.29, 0.717) is 31.3 Å². The third kappa shape index (κ3) is 3.59. The third-order valence-corrected chi connectivity index (χ3v) is 3.94. The second kappa shape index (κ2) is 6.52. The van der Waals surface area contributed by atoms with Crippen LogP contribution in [0.15, 0.2) is 6.07 Å². The molecule has 1 unspecified atom stereocenters. The molecule has 1 aliphatic rings. The number of halogens is 3. The van der Waals surface area contributed by atoms with Crippen molar-refractivity contribution in [2.45, 2.75) is 26.1 Å². The number of hydrogen-bond acceptors (Lipinski definition) is 6. The van der Waals surface area contributed by atoms with Gasteiger partial charge in [0.15, 0.2) is 0 Å². The minimum atomic E-state index is -4.60. The monoisotopic (exact) mass is 344 g/mol. The van der Waals surface area contributed by atoms with Crippen molar-refractivity contribution in [2.24, 2.45) is 0 Å². The van der Waals surface area contributed by atoms with E-state index in [1.807, 2.05) is 0 Å². The van der Waals surface area contributed by atoms with Crippen molar-refractivity contribution in [3.05, 3.63) is 17.6 Å². The molecular weight excluding hydrogens is 325 g/mol. The molecule has 0 aliphatic carbocycles. The standard InChI is InChI=1S/C14H19F3N6O/c1-9-7-11(18-8-10(2)22-3-5-24-6-4-22)23-13(19-9)20-12(21-23)14(15,16)17/h7,10,18H,3-6,8H2,1-2H3. The maximum absolute atomic E-state index is 12.8. The first kappa shape index (κ1) is 16.9. The van der Waals surface area contributed by atoms with Crippen LogP contribution in [0, 0.1) is 6.92 Å². The number of alkyl halides is 3. The van der Waals surface area contributed by atoms with Crippen molar-refractivity contribution < 1.29 is 17.9 Å². The Balaban J connectivity index is 1.79. The highest BCUT2D eigenvalue weighted by Crippen LogP contribution is 2.27. The lowest BCUT2D eigenvalue weighted by Gasteiger charge is -2.32. The zero-order chi connectivity index (χ0) is 17.3. The summed E-state index contributed by atoms with van der Waals surface area (Å²) >= 11 is 0. The fourth-order valence-electron chi connectivity index (χ4n) is 2.63. The fourth-order valence-corrected chi connectivity index (χ4v) is 2.63. The van der Waals surface area contributed by atoms with Gasteiger partial charge in [0.1, 0.15) is 5.82 Å². The number of nitrogens with zero attached hydrogens (tertiary/aromatic N) is 5. The van der Waals surface area contributed by atoms with Crippen LogP contribution in [0.4, 0.5) is 19.0 Å². The summed E-state index contributed by atoms with van der Waals surface area (Å²) < 4.78 is 44.9. The van der Waals surface area contributed by atoms with Crippen molar-refractivity contribution in [3.8, 4) is 0 Å². The van der Waals surface area contributed by atoms with Crippen molar-refractivity contribution in [1.82, 2.24) is 24.5 Å². The number of nitrogens with one attached hydrogen (secondary N) is 1. The third-order valence-electron chi connectivity index (χ3n) is 3.94. The van der Waals surface area contributed by atoms with Gasteiger partial charge in [-0.1, -0.05) is 0 Å². The summed E-state index contributed by atoms with van der Waals surface area (Å²) in [6.45, 7) is 7.41. The predicted molar refractivity (Wildman–Crippen MR) is 80.9 cm³/mol. The first-order valence-corrected chi connectivity index (χ1v) is 7.72. The summed E-state index contributed by atoms with van der Waals surface area (Å²) in [7, 11) is 0.